The summed E-state index contributed by atoms with van der Waals surface area (Å²) < 4.78 is 38.4. The third-order valence-electron chi connectivity index (χ3n) is 1.18. The molecule has 70 valence electrons. The predicted octanol–water partition coefficient (Wildman–Crippen LogP) is 2.98. The van der Waals surface area contributed by atoms with Crippen LogP contribution in [-0.2, 0) is 0 Å². The summed E-state index contributed by atoms with van der Waals surface area (Å²) in [5.41, 5.74) is 0.0505. The Morgan fingerprint density at radius 2 is 1.69 bits per heavy atom. The maximum atomic E-state index is 11.6. The van der Waals surface area contributed by atoms with Gasteiger partial charge in [0.05, 0.1) is 0 Å². The lowest BCUT2D eigenvalue weighted by Gasteiger charge is -2.07. The molecule has 0 N–H and O–H groups in total. The first-order chi connectivity index (χ1) is 6.01. The van der Waals surface area contributed by atoms with Crippen LogP contribution in [0, 0.1) is 4.91 Å². The van der Waals surface area contributed by atoms with Crippen molar-refractivity contribution in [2.45, 2.75) is 6.36 Å². The summed E-state index contributed by atoms with van der Waals surface area (Å²) in [5.74, 6) is -0.375. The van der Waals surface area contributed by atoms with Gasteiger partial charge in [-0.2, -0.15) is 0 Å². The second-order valence-corrected chi connectivity index (χ2v) is 2.13. The molecule has 0 saturated heterocycles. The van der Waals surface area contributed by atoms with Crippen molar-refractivity contribution in [2.75, 3.05) is 0 Å². The average molecular weight is 191 g/mol. The van der Waals surface area contributed by atoms with Crippen LogP contribution in [0.5, 0.6) is 5.75 Å². The standard InChI is InChI=1S/C7H4F3NO2/c8-7(9,10)13-6-3-1-5(11-12)2-4-6/h1-4H. The number of nitroso groups, excluding NO2 is 1. The predicted molar refractivity (Wildman–Crippen MR) is 38.6 cm³/mol. The first kappa shape index (κ1) is 9.50. The topological polar surface area (TPSA) is 38.7 Å². The number of nitrogens with zero attached hydrogens (tertiary/aromatic N) is 1. The summed E-state index contributed by atoms with van der Waals surface area (Å²) in [7, 11) is 0. The number of benzene rings is 1. The number of hydrogen-bond donors (Lipinski definition) is 0. The molecule has 0 saturated carbocycles. The van der Waals surface area contributed by atoms with Crippen LogP contribution in [0.25, 0.3) is 0 Å². The summed E-state index contributed by atoms with van der Waals surface area (Å²) in [6, 6.07) is 4.30. The summed E-state index contributed by atoms with van der Waals surface area (Å²) in [6.45, 7) is 0. The monoisotopic (exact) mass is 191 g/mol. The fraction of sp³-hybridized carbons (Fsp3) is 0.143. The van der Waals surface area contributed by atoms with Gasteiger partial charge >= 0.3 is 6.36 Å². The molecular formula is C7H4F3NO2. The van der Waals surface area contributed by atoms with Gasteiger partial charge < -0.3 is 4.74 Å². The van der Waals surface area contributed by atoms with Crippen molar-refractivity contribution in [3.05, 3.63) is 29.2 Å². The van der Waals surface area contributed by atoms with Crippen LogP contribution in [0.1, 0.15) is 0 Å². The molecule has 0 heterocycles. The minimum absolute atomic E-state index is 0.0505. The minimum Gasteiger partial charge on any atom is -0.406 e. The first-order valence-electron chi connectivity index (χ1n) is 3.20. The number of rotatable bonds is 2. The van der Waals surface area contributed by atoms with Gasteiger partial charge in [0.1, 0.15) is 11.4 Å². The maximum absolute atomic E-state index is 11.6. The van der Waals surface area contributed by atoms with Crippen LogP contribution >= 0.6 is 0 Å². The molecule has 0 atom stereocenters. The van der Waals surface area contributed by atoms with Gasteiger partial charge in [0.25, 0.3) is 0 Å². The fourth-order valence-electron chi connectivity index (χ4n) is 0.709. The van der Waals surface area contributed by atoms with E-state index in [1.54, 1.807) is 0 Å². The van der Waals surface area contributed by atoms with Crippen LogP contribution in [-0.4, -0.2) is 6.36 Å². The molecule has 0 fully saturated rings. The number of halogens is 3. The van der Waals surface area contributed by atoms with Gasteiger partial charge in [0, 0.05) is 0 Å². The summed E-state index contributed by atoms with van der Waals surface area (Å²) >= 11 is 0. The normalized spacial score (nSPS) is 11.0. The van der Waals surface area contributed by atoms with E-state index < -0.39 is 6.36 Å². The highest BCUT2D eigenvalue weighted by Gasteiger charge is 2.30. The van der Waals surface area contributed by atoms with Gasteiger partial charge in [0.2, 0.25) is 0 Å². The van der Waals surface area contributed by atoms with E-state index in [4.69, 9.17) is 0 Å². The van der Waals surface area contributed by atoms with E-state index in [1.807, 2.05) is 0 Å². The van der Waals surface area contributed by atoms with Crippen molar-refractivity contribution in [1.82, 2.24) is 0 Å². The van der Waals surface area contributed by atoms with Gasteiger partial charge in [-0.1, -0.05) is 0 Å². The van der Waals surface area contributed by atoms with Crippen LogP contribution in [0.4, 0.5) is 18.9 Å². The summed E-state index contributed by atoms with van der Waals surface area (Å²) in [4.78, 5) is 9.89. The Morgan fingerprint density at radius 3 is 2.08 bits per heavy atom. The Kier molecular flexibility index (Phi) is 2.50. The van der Waals surface area contributed by atoms with Crippen molar-refractivity contribution in [2.24, 2.45) is 5.18 Å². The molecule has 0 aliphatic heterocycles. The van der Waals surface area contributed by atoms with E-state index in [2.05, 4.69) is 9.91 Å². The zero-order chi connectivity index (χ0) is 9.90. The van der Waals surface area contributed by atoms with Crippen LogP contribution < -0.4 is 4.74 Å². The Labute approximate surface area is 71.1 Å². The maximum Gasteiger partial charge on any atom is 0.573 e. The number of ether oxygens (including phenoxy) is 1. The van der Waals surface area contributed by atoms with E-state index in [0.29, 0.717) is 0 Å². The molecule has 0 aliphatic carbocycles. The van der Waals surface area contributed by atoms with Crippen LogP contribution in [0.2, 0.25) is 0 Å². The van der Waals surface area contributed by atoms with Crippen molar-refractivity contribution in [3.63, 3.8) is 0 Å². The molecule has 0 bridgehead atoms. The lowest BCUT2D eigenvalue weighted by molar-refractivity contribution is -0.274. The van der Waals surface area contributed by atoms with Gasteiger partial charge in [-0.15, -0.1) is 18.1 Å². The lowest BCUT2D eigenvalue weighted by atomic mass is 10.3. The Balaban J connectivity index is 2.75. The molecule has 0 aromatic heterocycles. The quantitative estimate of drug-likeness (QED) is 0.674. The fourth-order valence-corrected chi connectivity index (χ4v) is 0.709. The molecule has 0 aliphatic rings. The van der Waals surface area contributed by atoms with E-state index >= 15 is 0 Å². The Hall–Kier alpha value is -1.59. The molecule has 0 amide bonds. The molecule has 1 aromatic rings. The third kappa shape index (κ3) is 3.10. The van der Waals surface area contributed by atoms with Crippen molar-refractivity contribution < 1.29 is 17.9 Å². The second-order valence-electron chi connectivity index (χ2n) is 2.13. The third-order valence-corrected chi connectivity index (χ3v) is 1.18. The number of hydrogen-bond acceptors (Lipinski definition) is 3. The lowest BCUT2D eigenvalue weighted by Crippen LogP contribution is -2.16. The number of alkyl halides is 3. The Morgan fingerprint density at radius 1 is 1.15 bits per heavy atom. The van der Waals surface area contributed by atoms with Gasteiger partial charge in [-0.05, 0) is 29.4 Å². The smallest absolute Gasteiger partial charge is 0.406 e. The highest BCUT2D eigenvalue weighted by molar-refractivity contribution is 5.40. The summed E-state index contributed by atoms with van der Waals surface area (Å²) in [5, 5.41) is 2.52. The molecule has 1 aromatic carbocycles. The van der Waals surface area contributed by atoms with Gasteiger partial charge in [-0.3, -0.25) is 0 Å². The molecule has 6 heteroatoms. The van der Waals surface area contributed by atoms with Crippen molar-refractivity contribution >= 4 is 5.69 Å². The molecule has 0 unspecified atom stereocenters. The highest BCUT2D eigenvalue weighted by atomic mass is 19.4. The molecule has 0 spiro atoms. The van der Waals surface area contributed by atoms with E-state index in [-0.39, 0.29) is 11.4 Å². The van der Waals surface area contributed by atoms with Crippen molar-refractivity contribution in [3.8, 4) is 5.75 Å². The SMILES string of the molecule is O=Nc1ccc(OC(F)(F)F)cc1. The van der Waals surface area contributed by atoms with Crippen molar-refractivity contribution in [1.29, 1.82) is 0 Å². The molecule has 13 heavy (non-hydrogen) atoms. The Bertz CT molecular complexity index is 294. The summed E-state index contributed by atoms with van der Waals surface area (Å²) in [6.07, 6.45) is -4.71. The van der Waals surface area contributed by atoms with Gasteiger partial charge in [-0.25, -0.2) is 0 Å². The molecular weight excluding hydrogens is 187 g/mol. The first-order valence-corrected chi connectivity index (χ1v) is 3.20. The van der Waals surface area contributed by atoms with Crippen LogP contribution in [0.15, 0.2) is 29.4 Å². The highest BCUT2D eigenvalue weighted by Crippen LogP contribution is 2.24. The zero-order valence-electron chi connectivity index (χ0n) is 6.21. The van der Waals surface area contributed by atoms with E-state index in [1.165, 1.54) is 0 Å². The largest absolute Gasteiger partial charge is 0.573 e. The zero-order valence-corrected chi connectivity index (χ0v) is 6.21. The molecule has 1 rings (SSSR count). The average Bonchev–Trinajstić information content (AvgIpc) is 2.03. The second kappa shape index (κ2) is 3.42. The van der Waals surface area contributed by atoms with E-state index in [9.17, 15) is 18.1 Å². The van der Waals surface area contributed by atoms with E-state index in [0.717, 1.165) is 24.3 Å². The molecule has 3 nitrogen and oxygen atoms in total. The molecule has 0 radical (unpaired) electrons. The van der Waals surface area contributed by atoms with Gasteiger partial charge in [0.15, 0.2) is 0 Å². The van der Waals surface area contributed by atoms with Crippen LogP contribution in [0.3, 0.4) is 0 Å². The minimum atomic E-state index is -4.71.